The van der Waals surface area contributed by atoms with E-state index in [0.29, 0.717) is 17.4 Å². The van der Waals surface area contributed by atoms with Crippen LogP contribution in [-0.4, -0.2) is 68.5 Å². The van der Waals surface area contributed by atoms with Crippen molar-refractivity contribution >= 4 is 13.7 Å². The standard InChI is InChI=1S/C32H61N2O6P/c1-6-8-10-12-13-14-15-16-17-18-19-20-22-24-26-32(36)33-30(31(35)25-23-21-11-9-7-2)29-40-41(37,38)39-28-27-34(3,4)5/h12-13,15-16,23,25,30-31,35H,6-11,14,17-22,24,26-29H2,1-5H3,(H-,33,36,37,38)/b13-12-,16-15-,25-23+. The van der Waals surface area contributed by atoms with Crippen molar-refractivity contribution in [1.29, 1.82) is 0 Å². The van der Waals surface area contributed by atoms with Gasteiger partial charge in [0.25, 0.3) is 7.82 Å². The van der Waals surface area contributed by atoms with Crippen LogP contribution in [0.5, 0.6) is 0 Å². The van der Waals surface area contributed by atoms with Gasteiger partial charge in [-0.1, -0.05) is 95.2 Å². The highest BCUT2D eigenvalue weighted by molar-refractivity contribution is 7.45. The third-order valence-electron chi connectivity index (χ3n) is 6.59. The summed E-state index contributed by atoms with van der Waals surface area (Å²) >= 11 is 0. The normalized spacial score (nSPS) is 15.6. The van der Waals surface area contributed by atoms with Crippen LogP contribution in [0.1, 0.15) is 110 Å². The Morgan fingerprint density at radius 3 is 2.10 bits per heavy atom. The summed E-state index contributed by atoms with van der Waals surface area (Å²) in [6.07, 6.45) is 26.5. The minimum Gasteiger partial charge on any atom is -0.756 e. The lowest BCUT2D eigenvalue weighted by molar-refractivity contribution is -0.870. The van der Waals surface area contributed by atoms with Crippen molar-refractivity contribution in [3.8, 4) is 0 Å². The predicted molar refractivity (Wildman–Crippen MR) is 168 cm³/mol. The molecule has 2 N–H and O–H groups in total. The molecule has 0 aliphatic heterocycles. The quantitative estimate of drug-likeness (QED) is 0.0476. The van der Waals surface area contributed by atoms with Crippen LogP contribution >= 0.6 is 7.82 Å². The summed E-state index contributed by atoms with van der Waals surface area (Å²) in [5, 5.41) is 13.4. The van der Waals surface area contributed by atoms with Crippen molar-refractivity contribution in [1.82, 2.24) is 5.32 Å². The summed E-state index contributed by atoms with van der Waals surface area (Å²) < 4.78 is 22.8. The number of nitrogens with one attached hydrogen (secondary N) is 1. The van der Waals surface area contributed by atoms with Gasteiger partial charge in [-0.05, 0) is 44.9 Å². The van der Waals surface area contributed by atoms with Crippen LogP contribution < -0.4 is 10.2 Å². The van der Waals surface area contributed by atoms with Crippen LogP contribution in [0.2, 0.25) is 0 Å². The van der Waals surface area contributed by atoms with Gasteiger partial charge in [-0.2, -0.15) is 0 Å². The van der Waals surface area contributed by atoms with Gasteiger partial charge >= 0.3 is 0 Å². The van der Waals surface area contributed by atoms with Gasteiger partial charge in [0.1, 0.15) is 13.2 Å². The monoisotopic (exact) mass is 600 g/mol. The number of unbranched alkanes of at least 4 members (excludes halogenated alkanes) is 10. The maximum Gasteiger partial charge on any atom is 0.268 e. The van der Waals surface area contributed by atoms with Gasteiger partial charge in [0.05, 0.1) is 39.9 Å². The molecule has 0 fully saturated rings. The Labute approximate surface area is 251 Å². The van der Waals surface area contributed by atoms with Crippen LogP contribution in [-0.2, 0) is 18.4 Å². The Morgan fingerprint density at radius 1 is 0.854 bits per heavy atom. The molecule has 8 nitrogen and oxygen atoms in total. The molecule has 0 radical (unpaired) electrons. The Balaban J connectivity index is 4.49. The van der Waals surface area contributed by atoms with E-state index in [1.807, 2.05) is 27.2 Å². The number of carbonyl (C=O) groups excluding carboxylic acids is 1. The lowest BCUT2D eigenvalue weighted by Crippen LogP contribution is -2.45. The van der Waals surface area contributed by atoms with E-state index in [1.54, 1.807) is 6.08 Å². The molecule has 0 aromatic carbocycles. The molecule has 0 aromatic heterocycles. The smallest absolute Gasteiger partial charge is 0.268 e. The molecule has 0 heterocycles. The van der Waals surface area contributed by atoms with Crippen molar-refractivity contribution < 1.29 is 32.9 Å². The van der Waals surface area contributed by atoms with Crippen molar-refractivity contribution in [2.75, 3.05) is 40.9 Å². The SMILES string of the molecule is CCCC/C=C\C/C=C\CCCCCCCC(=O)NC(COP(=O)([O-])OCC[N+](C)(C)C)C(O)/C=C/CCCCC. The number of phosphoric acid groups is 1. The number of nitrogens with zero attached hydrogens (tertiary/aromatic N) is 1. The highest BCUT2D eigenvalue weighted by atomic mass is 31.2. The van der Waals surface area contributed by atoms with E-state index in [4.69, 9.17) is 9.05 Å². The van der Waals surface area contributed by atoms with Gasteiger partial charge in [0.15, 0.2) is 0 Å². The largest absolute Gasteiger partial charge is 0.756 e. The summed E-state index contributed by atoms with van der Waals surface area (Å²) in [5.74, 6) is -0.223. The fraction of sp³-hybridized carbons (Fsp3) is 0.781. The first-order valence-electron chi connectivity index (χ1n) is 15.9. The van der Waals surface area contributed by atoms with Crippen molar-refractivity contribution in [2.24, 2.45) is 0 Å². The molecule has 0 spiro atoms. The van der Waals surface area contributed by atoms with E-state index < -0.39 is 20.0 Å². The van der Waals surface area contributed by atoms with Gasteiger partial charge < -0.3 is 28.8 Å². The minimum absolute atomic E-state index is 0.00601. The Morgan fingerprint density at radius 2 is 1.44 bits per heavy atom. The molecule has 0 rings (SSSR count). The molecule has 3 unspecified atom stereocenters. The zero-order chi connectivity index (χ0) is 30.8. The second-order valence-electron chi connectivity index (χ2n) is 11.8. The predicted octanol–water partition coefficient (Wildman–Crippen LogP) is 6.60. The van der Waals surface area contributed by atoms with Crippen LogP contribution in [0.4, 0.5) is 0 Å². The average molecular weight is 601 g/mol. The Kier molecular flexibility index (Phi) is 24.5. The average Bonchev–Trinajstić information content (AvgIpc) is 2.90. The summed E-state index contributed by atoms with van der Waals surface area (Å²) in [6.45, 7) is 4.43. The van der Waals surface area contributed by atoms with Gasteiger partial charge in [-0.15, -0.1) is 0 Å². The maximum atomic E-state index is 12.6. The van der Waals surface area contributed by atoms with Crippen LogP contribution in [0.15, 0.2) is 36.5 Å². The van der Waals surface area contributed by atoms with E-state index in [1.165, 1.54) is 19.3 Å². The van der Waals surface area contributed by atoms with E-state index >= 15 is 0 Å². The number of rotatable bonds is 27. The summed E-state index contributed by atoms with van der Waals surface area (Å²) in [4.78, 5) is 24.8. The number of aliphatic hydroxyl groups is 1. The van der Waals surface area contributed by atoms with Crippen LogP contribution in [0.3, 0.4) is 0 Å². The number of aliphatic hydroxyl groups excluding tert-OH is 1. The van der Waals surface area contributed by atoms with Gasteiger partial charge in [0.2, 0.25) is 5.91 Å². The number of phosphoric ester groups is 1. The van der Waals surface area contributed by atoms with Crippen molar-refractivity contribution in [3.05, 3.63) is 36.5 Å². The number of quaternary nitrogens is 1. The maximum absolute atomic E-state index is 12.6. The lowest BCUT2D eigenvalue weighted by Gasteiger charge is -2.29. The first-order chi connectivity index (χ1) is 19.5. The number of allylic oxidation sites excluding steroid dienone is 5. The highest BCUT2D eigenvalue weighted by Gasteiger charge is 2.23. The fourth-order valence-corrected chi connectivity index (χ4v) is 4.65. The number of carbonyl (C=O) groups is 1. The van der Waals surface area contributed by atoms with E-state index in [2.05, 4.69) is 43.5 Å². The Hall–Kier alpha value is -1.28. The second kappa shape index (κ2) is 25.2. The molecule has 0 aliphatic carbocycles. The zero-order valence-corrected chi connectivity index (χ0v) is 27.6. The topological polar surface area (TPSA) is 108 Å². The summed E-state index contributed by atoms with van der Waals surface area (Å²) in [6, 6.07) is -0.887. The first-order valence-corrected chi connectivity index (χ1v) is 17.3. The molecular weight excluding hydrogens is 539 g/mol. The molecule has 1 amide bonds. The van der Waals surface area contributed by atoms with Crippen molar-refractivity contribution in [2.45, 2.75) is 122 Å². The fourth-order valence-electron chi connectivity index (χ4n) is 3.93. The second-order valence-corrected chi connectivity index (χ2v) is 13.2. The van der Waals surface area contributed by atoms with Crippen LogP contribution in [0, 0.1) is 0 Å². The van der Waals surface area contributed by atoms with Crippen molar-refractivity contribution in [3.63, 3.8) is 0 Å². The molecule has 0 aliphatic rings. The molecule has 0 saturated heterocycles. The molecule has 0 bridgehead atoms. The molecule has 0 aromatic rings. The molecule has 240 valence electrons. The van der Waals surface area contributed by atoms with Gasteiger partial charge in [0, 0.05) is 6.42 Å². The lowest BCUT2D eigenvalue weighted by atomic mass is 10.1. The minimum atomic E-state index is -4.56. The third kappa shape index (κ3) is 27.3. The number of likely N-dealkylation sites (N-methyl/N-ethyl adjacent to an activating group) is 1. The van der Waals surface area contributed by atoms with Crippen LogP contribution in [0.25, 0.3) is 0 Å². The third-order valence-corrected chi connectivity index (χ3v) is 7.56. The molecule has 41 heavy (non-hydrogen) atoms. The van der Waals surface area contributed by atoms with Gasteiger partial charge in [-0.25, -0.2) is 0 Å². The highest BCUT2D eigenvalue weighted by Crippen LogP contribution is 2.38. The van der Waals surface area contributed by atoms with E-state index in [9.17, 15) is 19.4 Å². The zero-order valence-electron chi connectivity index (χ0n) is 26.7. The Bertz CT molecular complexity index is 779. The molecule has 0 saturated carbocycles. The first kappa shape index (κ1) is 39.7. The molecule has 9 heteroatoms. The molecule has 3 atom stereocenters. The van der Waals surface area contributed by atoms with Gasteiger partial charge in [-0.3, -0.25) is 9.36 Å². The van der Waals surface area contributed by atoms with E-state index in [0.717, 1.165) is 70.6 Å². The number of hydrogen-bond donors (Lipinski definition) is 2. The summed E-state index contributed by atoms with van der Waals surface area (Å²) in [5.41, 5.74) is 0. The summed E-state index contributed by atoms with van der Waals surface area (Å²) in [7, 11) is 1.23. The molecular formula is C32H61N2O6P. The number of amides is 1. The number of hydrogen-bond acceptors (Lipinski definition) is 6. The van der Waals surface area contributed by atoms with E-state index in [-0.39, 0.29) is 19.1 Å².